The maximum atomic E-state index is 4.42. The van der Waals surface area contributed by atoms with Crippen LogP contribution in [0.2, 0.25) is 0 Å². The molecule has 0 bridgehead atoms. The molecule has 0 radical (unpaired) electrons. The molecule has 0 spiro atoms. The fraction of sp³-hybridized carbons (Fsp3) is 0.231. The van der Waals surface area contributed by atoms with Gasteiger partial charge in [-0.15, -0.1) is 0 Å². The highest BCUT2D eigenvalue weighted by atomic mass is 15.4. The summed E-state index contributed by atoms with van der Waals surface area (Å²) >= 11 is 0. The Hall–Kier alpha value is -2.90. The Bertz CT molecular complexity index is 720. The van der Waals surface area contributed by atoms with E-state index in [1.807, 2.05) is 26.0 Å². The third kappa shape index (κ3) is 2.83. The summed E-state index contributed by atoms with van der Waals surface area (Å²) in [4.78, 5) is 21.3. The van der Waals surface area contributed by atoms with E-state index in [0.717, 1.165) is 11.3 Å². The van der Waals surface area contributed by atoms with E-state index in [4.69, 9.17) is 0 Å². The molecule has 0 aromatic carbocycles. The van der Waals surface area contributed by atoms with E-state index < -0.39 is 0 Å². The molecule has 0 amide bonds. The molecule has 8 heteroatoms. The Labute approximate surface area is 121 Å². The molecule has 3 rings (SSSR count). The van der Waals surface area contributed by atoms with E-state index in [2.05, 4.69) is 35.3 Å². The van der Waals surface area contributed by atoms with Crippen LogP contribution in [0.5, 0.6) is 0 Å². The van der Waals surface area contributed by atoms with Gasteiger partial charge in [0, 0.05) is 24.0 Å². The molecule has 0 aliphatic rings. The molecule has 8 nitrogen and oxygen atoms in total. The predicted molar refractivity (Wildman–Crippen MR) is 76.9 cm³/mol. The first-order chi connectivity index (χ1) is 10.3. The minimum absolute atomic E-state index is 0.411. The minimum atomic E-state index is 0.411. The smallest absolute Gasteiger partial charge is 0.257 e. The summed E-state index contributed by atoms with van der Waals surface area (Å²) in [5, 5.41) is 7.13. The van der Waals surface area contributed by atoms with Gasteiger partial charge < -0.3 is 5.32 Å². The Balaban J connectivity index is 2.09. The van der Waals surface area contributed by atoms with E-state index in [1.54, 1.807) is 12.5 Å². The number of aryl methyl sites for hydroxylation is 1. The third-order valence-electron chi connectivity index (χ3n) is 2.75. The van der Waals surface area contributed by atoms with Gasteiger partial charge in [0.05, 0.1) is 0 Å². The molecule has 3 aromatic heterocycles. The van der Waals surface area contributed by atoms with E-state index in [0.29, 0.717) is 24.3 Å². The molecule has 0 fully saturated rings. The van der Waals surface area contributed by atoms with Gasteiger partial charge in [-0.1, -0.05) is 0 Å². The maximum absolute atomic E-state index is 4.42. The monoisotopic (exact) mass is 282 g/mol. The van der Waals surface area contributed by atoms with E-state index in [-0.39, 0.29) is 0 Å². The molecule has 3 heterocycles. The van der Waals surface area contributed by atoms with Crippen molar-refractivity contribution in [3.05, 3.63) is 36.7 Å². The van der Waals surface area contributed by atoms with Gasteiger partial charge in [-0.3, -0.25) is 4.98 Å². The molecule has 0 aliphatic heterocycles. The van der Waals surface area contributed by atoms with Gasteiger partial charge >= 0.3 is 0 Å². The van der Waals surface area contributed by atoms with Gasteiger partial charge in [-0.25, -0.2) is 4.98 Å². The molecule has 1 N–H and O–H groups in total. The normalized spacial score (nSPS) is 10.6. The van der Waals surface area contributed by atoms with Crippen LogP contribution in [-0.2, 0) is 0 Å². The van der Waals surface area contributed by atoms with Crippen LogP contribution < -0.4 is 5.32 Å². The summed E-state index contributed by atoms with van der Waals surface area (Å²) in [5.41, 5.74) is 1.76. The van der Waals surface area contributed by atoms with Gasteiger partial charge in [0.15, 0.2) is 5.82 Å². The van der Waals surface area contributed by atoms with E-state index >= 15 is 0 Å². The molecule has 0 saturated carbocycles. The first-order valence-corrected chi connectivity index (χ1v) is 6.54. The van der Waals surface area contributed by atoms with Gasteiger partial charge in [-0.05, 0) is 26.0 Å². The summed E-state index contributed by atoms with van der Waals surface area (Å²) in [6.07, 6.45) is 4.72. The highest BCUT2D eigenvalue weighted by Crippen LogP contribution is 2.16. The third-order valence-corrected chi connectivity index (χ3v) is 2.75. The van der Waals surface area contributed by atoms with Crippen LogP contribution in [0, 0.1) is 6.92 Å². The number of rotatable bonds is 4. The van der Waals surface area contributed by atoms with Crippen LogP contribution in [0.15, 0.2) is 31.0 Å². The minimum Gasteiger partial charge on any atom is -0.354 e. The molecule has 0 aliphatic carbocycles. The Morgan fingerprint density at radius 1 is 1.19 bits per heavy atom. The van der Waals surface area contributed by atoms with Crippen LogP contribution in [0.25, 0.3) is 17.3 Å². The Morgan fingerprint density at radius 3 is 2.76 bits per heavy atom. The van der Waals surface area contributed by atoms with E-state index in [9.17, 15) is 0 Å². The highest BCUT2D eigenvalue weighted by molar-refractivity contribution is 5.55. The van der Waals surface area contributed by atoms with Crippen molar-refractivity contribution < 1.29 is 0 Å². The number of anilines is 1. The molecular weight excluding hydrogens is 268 g/mol. The number of nitrogens with zero attached hydrogens (tertiary/aromatic N) is 7. The molecule has 0 atom stereocenters. The summed E-state index contributed by atoms with van der Waals surface area (Å²) in [7, 11) is 0. The van der Waals surface area contributed by atoms with Gasteiger partial charge in [0.1, 0.15) is 12.7 Å². The number of hydrogen-bond acceptors (Lipinski definition) is 7. The molecule has 21 heavy (non-hydrogen) atoms. The maximum Gasteiger partial charge on any atom is 0.257 e. The zero-order valence-corrected chi connectivity index (χ0v) is 11.7. The van der Waals surface area contributed by atoms with Crippen LogP contribution in [-0.4, -0.2) is 41.2 Å². The molecule has 0 saturated heterocycles. The number of hydrogen-bond donors (Lipinski definition) is 1. The van der Waals surface area contributed by atoms with Crippen molar-refractivity contribution in [1.82, 2.24) is 34.7 Å². The quantitative estimate of drug-likeness (QED) is 0.769. The van der Waals surface area contributed by atoms with Gasteiger partial charge in [0.2, 0.25) is 5.95 Å². The zero-order chi connectivity index (χ0) is 14.7. The second-order valence-electron chi connectivity index (χ2n) is 4.34. The van der Waals surface area contributed by atoms with Crippen LogP contribution in [0.1, 0.15) is 12.6 Å². The fourth-order valence-corrected chi connectivity index (χ4v) is 1.75. The van der Waals surface area contributed by atoms with Crippen molar-refractivity contribution in [2.75, 3.05) is 11.9 Å². The first-order valence-electron chi connectivity index (χ1n) is 6.54. The van der Waals surface area contributed by atoms with Crippen LogP contribution in [0.3, 0.4) is 0 Å². The summed E-state index contributed by atoms with van der Waals surface area (Å²) in [6, 6.07) is 3.85. The van der Waals surface area contributed by atoms with Gasteiger partial charge in [0.25, 0.3) is 5.95 Å². The summed E-state index contributed by atoms with van der Waals surface area (Å²) in [6.45, 7) is 4.63. The predicted octanol–water partition coefficient (Wildman–Crippen LogP) is 1.25. The lowest BCUT2D eigenvalue weighted by Gasteiger charge is -2.07. The lowest BCUT2D eigenvalue weighted by molar-refractivity contribution is 0.796. The van der Waals surface area contributed by atoms with Crippen molar-refractivity contribution in [3.8, 4) is 17.3 Å². The Kier molecular flexibility index (Phi) is 3.50. The molecule has 3 aromatic rings. The summed E-state index contributed by atoms with van der Waals surface area (Å²) < 4.78 is 1.49. The standard InChI is InChI=1S/C13H14N8/c1-3-15-12-18-11(10-5-4-9(2)16-6-10)19-13(20-12)21-8-14-7-17-21/h4-8H,3H2,1-2H3,(H,15,18,19,20). The Morgan fingerprint density at radius 2 is 2.10 bits per heavy atom. The van der Waals surface area contributed by atoms with Crippen LogP contribution >= 0.6 is 0 Å². The van der Waals surface area contributed by atoms with E-state index in [1.165, 1.54) is 11.0 Å². The fourth-order valence-electron chi connectivity index (χ4n) is 1.75. The van der Waals surface area contributed by atoms with Crippen molar-refractivity contribution in [3.63, 3.8) is 0 Å². The zero-order valence-electron chi connectivity index (χ0n) is 11.7. The number of pyridine rings is 1. The highest BCUT2D eigenvalue weighted by Gasteiger charge is 2.10. The van der Waals surface area contributed by atoms with Crippen molar-refractivity contribution in [2.24, 2.45) is 0 Å². The number of nitrogens with one attached hydrogen (secondary N) is 1. The molecule has 106 valence electrons. The van der Waals surface area contributed by atoms with Crippen LogP contribution in [0.4, 0.5) is 5.95 Å². The lowest BCUT2D eigenvalue weighted by Crippen LogP contribution is -2.10. The van der Waals surface area contributed by atoms with Gasteiger partial charge in [-0.2, -0.15) is 24.7 Å². The largest absolute Gasteiger partial charge is 0.354 e. The lowest BCUT2D eigenvalue weighted by atomic mass is 10.2. The van der Waals surface area contributed by atoms with Crippen molar-refractivity contribution in [1.29, 1.82) is 0 Å². The molecule has 0 unspecified atom stereocenters. The second-order valence-corrected chi connectivity index (χ2v) is 4.34. The number of aromatic nitrogens is 7. The first kappa shape index (κ1) is 13.1. The summed E-state index contributed by atoms with van der Waals surface area (Å²) in [5.74, 6) is 1.45. The topological polar surface area (TPSA) is 94.3 Å². The van der Waals surface area contributed by atoms with Crippen molar-refractivity contribution in [2.45, 2.75) is 13.8 Å². The molecular formula is C13H14N8. The average Bonchev–Trinajstić information content (AvgIpc) is 3.02. The second kappa shape index (κ2) is 5.61. The van der Waals surface area contributed by atoms with Crippen molar-refractivity contribution >= 4 is 5.95 Å². The SMILES string of the molecule is CCNc1nc(-c2ccc(C)nc2)nc(-n2cncn2)n1. The average molecular weight is 282 g/mol.